The van der Waals surface area contributed by atoms with Crippen molar-refractivity contribution in [2.75, 3.05) is 11.9 Å². The van der Waals surface area contributed by atoms with Gasteiger partial charge in [-0.3, -0.25) is 4.79 Å². The van der Waals surface area contributed by atoms with Crippen molar-refractivity contribution in [3.05, 3.63) is 70.0 Å². The van der Waals surface area contributed by atoms with Crippen molar-refractivity contribution in [1.29, 1.82) is 0 Å². The third kappa shape index (κ3) is 5.25. The van der Waals surface area contributed by atoms with E-state index < -0.39 is 12.1 Å². The summed E-state index contributed by atoms with van der Waals surface area (Å²) in [7, 11) is 0. The lowest BCUT2D eigenvalue weighted by Gasteiger charge is -2.15. The summed E-state index contributed by atoms with van der Waals surface area (Å²) >= 11 is 4.69. The Morgan fingerprint density at radius 1 is 1.10 bits per heavy atom. The van der Waals surface area contributed by atoms with Crippen molar-refractivity contribution < 1.29 is 19.1 Å². The molecule has 0 saturated carbocycles. The standard InChI is InChI=1S/C22H20BrNO4S/c1-3-27-22(26)19-18(15-9-11-16(23)12-10-15)13-29-21(19)24-20(25)14(2)28-17-7-5-4-6-8-17/h4-14H,3H2,1-2H3,(H,24,25)/t14-/m0/s1. The number of hydrogen-bond donors (Lipinski definition) is 1. The van der Waals surface area contributed by atoms with Gasteiger partial charge in [-0.05, 0) is 43.7 Å². The third-order valence-electron chi connectivity index (χ3n) is 4.09. The predicted molar refractivity (Wildman–Crippen MR) is 119 cm³/mol. The Hall–Kier alpha value is -2.64. The minimum atomic E-state index is -0.731. The smallest absolute Gasteiger partial charge is 0.341 e. The summed E-state index contributed by atoms with van der Waals surface area (Å²) in [5.74, 6) is -0.218. The number of halogens is 1. The van der Waals surface area contributed by atoms with Gasteiger partial charge in [-0.15, -0.1) is 11.3 Å². The van der Waals surface area contributed by atoms with Crippen molar-refractivity contribution in [3.63, 3.8) is 0 Å². The number of esters is 1. The summed E-state index contributed by atoms with van der Waals surface area (Å²) in [6.45, 7) is 3.66. The molecule has 0 fully saturated rings. The predicted octanol–water partition coefficient (Wildman–Crippen LogP) is 5.76. The van der Waals surface area contributed by atoms with E-state index in [2.05, 4.69) is 21.2 Å². The van der Waals surface area contributed by atoms with E-state index in [9.17, 15) is 9.59 Å². The monoisotopic (exact) mass is 473 g/mol. The zero-order valence-corrected chi connectivity index (χ0v) is 18.4. The molecule has 0 spiro atoms. The van der Waals surface area contributed by atoms with E-state index in [0.717, 1.165) is 10.0 Å². The van der Waals surface area contributed by atoms with E-state index in [1.54, 1.807) is 26.0 Å². The van der Waals surface area contributed by atoms with Crippen molar-refractivity contribution in [2.45, 2.75) is 20.0 Å². The lowest BCUT2D eigenvalue weighted by atomic mass is 10.0. The second-order valence-corrected chi connectivity index (χ2v) is 7.94. The molecule has 0 saturated heterocycles. The van der Waals surface area contributed by atoms with Crippen LogP contribution < -0.4 is 10.1 Å². The molecule has 3 rings (SSSR count). The summed E-state index contributed by atoms with van der Waals surface area (Å²) in [5, 5.41) is 5.10. The normalized spacial score (nSPS) is 11.6. The first-order chi connectivity index (χ1) is 14.0. The van der Waals surface area contributed by atoms with E-state index in [1.165, 1.54) is 11.3 Å². The van der Waals surface area contributed by atoms with Gasteiger partial charge < -0.3 is 14.8 Å². The fraction of sp³-hybridized carbons (Fsp3) is 0.182. The third-order valence-corrected chi connectivity index (χ3v) is 5.51. The highest BCUT2D eigenvalue weighted by Gasteiger charge is 2.24. The SMILES string of the molecule is CCOC(=O)c1c(-c2ccc(Br)cc2)csc1NC(=O)[C@H](C)Oc1ccccc1. The second-order valence-electron chi connectivity index (χ2n) is 6.14. The van der Waals surface area contributed by atoms with Gasteiger partial charge in [0, 0.05) is 15.4 Å². The summed E-state index contributed by atoms with van der Waals surface area (Å²) in [6, 6.07) is 16.7. The number of nitrogens with one attached hydrogen (secondary N) is 1. The van der Waals surface area contributed by atoms with E-state index in [-0.39, 0.29) is 12.5 Å². The first-order valence-corrected chi connectivity index (χ1v) is 10.7. The topological polar surface area (TPSA) is 64.6 Å². The molecule has 1 aromatic heterocycles. The molecule has 1 amide bonds. The molecule has 0 aliphatic rings. The highest BCUT2D eigenvalue weighted by atomic mass is 79.9. The average molecular weight is 474 g/mol. The molecule has 7 heteroatoms. The Labute approximate surface area is 181 Å². The van der Waals surface area contributed by atoms with Crippen LogP contribution in [-0.2, 0) is 9.53 Å². The highest BCUT2D eigenvalue weighted by Crippen LogP contribution is 2.36. The Balaban J connectivity index is 1.85. The zero-order chi connectivity index (χ0) is 20.8. The number of carbonyl (C=O) groups excluding carboxylic acids is 2. The molecule has 0 bridgehead atoms. The number of amides is 1. The fourth-order valence-electron chi connectivity index (χ4n) is 2.67. The zero-order valence-electron chi connectivity index (χ0n) is 16.0. The molecular formula is C22H20BrNO4S. The minimum Gasteiger partial charge on any atom is -0.481 e. The van der Waals surface area contributed by atoms with Crippen molar-refractivity contribution in [2.24, 2.45) is 0 Å². The van der Waals surface area contributed by atoms with Gasteiger partial charge in [0.2, 0.25) is 0 Å². The molecule has 0 unspecified atom stereocenters. The minimum absolute atomic E-state index is 0.245. The molecule has 0 aliphatic heterocycles. The number of rotatable bonds is 7. The van der Waals surface area contributed by atoms with Gasteiger partial charge in [0.05, 0.1) is 6.61 Å². The van der Waals surface area contributed by atoms with Crippen LogP contribution in [0.5, 0.6) is 5.75 Å². The van der Waals surface area contributed by atoms with E-state index in [0.29, 0.717) is 21.9 Å². The number of benzene rings is 2. The van der Waals surface area contributed by atoms with Crippen LogP contribution in [0.25, 0.3) is 11.1 Å². The second kappa shape index (κ2) is 9.71. The largest absolute Gasteiger partial charge is 0.481 e. The van der Waals surface area contributed by atoms with Gasteiger partial charge >= 0.3 is 5.97 Å². The molecule has 150 valence electrons. The lowest BCUT2D eigenvalue weighted by molar-refractivity contribution is -0.122. The van der Waals surface area contributed by atoms with Crippen molar-refractivity contribution in [1.82, 2.24) is 0 Å². The molecule has 5 nitrogen and oxygen atoms in total. The van der Waals surface area contributed by atoms with Crippen LogP contribution in [0.1, 0.15) is 24.2 Å². The Morgan fingerprint density at radius 3 is 2.45 bits per heavy atom. The van der Waals surface area contributed by atoms with Gasteiger partial charge in [0.15, 0.2) is 6.10 Å². The Kier molecular flexibility index (Phi) is 7.06. The molecule has 2 aromatic carbocycles. The van der Waals surface area contributed by atoms with Crippen LogP contribution in [0.2, 0.25) is 0 Å². The van der Waals surface area contributed by atoms with Crippen LogP contribution in [0.3, 0.4) is 0 Å². The molecular weight excluding hydrogens is 454 g/mol. The van der Waals surface area contributed by atoms with Gasteiger partial charge in [0.1, 0.15) is 16.3 Å². The van der Waals surface area contributed by atoms with Crippen LogP contribution in [-0.4, -0.2) is 24.6 Å². The van der Waals surface area contributed by atoms with Crippen LogP contribution in [0.4, 0.5) is 5.00 Å². The van der Waals surface area contributed by atoms with E-state index in [1.807, 2.05) is 47.8 Å². The van der Waals surface area contributed by atoms with Crippen LogP contribution in [0.15, 0.2) is 64.5 Å². The molecule has 3 aromatic rings. The van der Waals surface area contributed by atoms with E-state index in [4.69, 9.17) is 9.47 Å². The number of anilines is 1. The molecule has 0 aliphatic carbocycles. The number of para-hydroxylation sites is 1. The van der Waals surface area contributed by atoms with Crippen LogP contribution >= 0.6 is 27.3 Å². The first-order valence-electron chi connectivity index (χ1n) is 9.06. The maximum absolute atomic E-state index is 12.7. The summed E-state index contributed by atoms with van der Waals surface area (Å²) in [5.41, 5.74) is 1.92. The average Bonchev–Trinajstić information content (AvgIpc) is 3.13. The van der Waals surface area contributed by atoms with Crippen molar-refractivity contribution in [3.8, 4) is 16.9 Å². The maximum atomic E-state index is 12.7. The lowest BCUT2D eigenvalue weighted by Crippen LogP contribution is -2.30. The summed E-state index contributed by atoms with van der Waals surface area (Å²) in [4.78, 5) is 25.3. The van der Waals surface area contributed by atoms with E-state index >= 15 is 0 Å². The molecule has 29 heavy (non-hydrogen) atoms. The van der Waals surface area contributed by atoms with Gasteiger partial charge in [0.25, 0.3) is 5.91 Å². The quantitative estimate of drug-likeness (QED) is 0.443. The number of hydrogen-bond acceptors (Lipinski definition) is 5. The highest BCUT2D eigenvalue weighted by molar-refractivity contribution is 9.10. The van der Waals surface area contributed by atoms with Gasteiger partial charge in [-0.1, -0.05) is 46.3 Å². The summed E-state index contributed by atoms with van der Waals surface area (Å²) in [6.07, 6.45) is -0.731. The number of ether oxygens (including phenoxy) is 2. The molecule has 1 N–H and O–H groups in total. The Morgan fingerprint density at radius 2 is 1.79 bits per heavy atom. The number of carbonyl (C=O) groups is 2. The number of thiophene rings is 1. The van der Waals surface area contributed by atoms with Gasteiger partial charge in [-0.2, -0.15) is 0 Å². The van der Waals surface area contributed by atoms with Gasteiger partial charge in [-0.25, -0.2) is 4.79 Å². The fourth-order valence-corrected chi connectivity index (χ4v) is 3.89. The first kappa shape index (κ1) is 21.1. The molecule has 1 atom stereocenters. The maximum Gasteiger partial charge on any atom is 0.341 e. The molecule has 0 radical (unpaired) electrons. The van der Waals surface area contributed by atoms with Crippen molar-refractivity contribution >= 4 is 44.1 Å². The molecule has 1 heterocycles. The summed E-state index contributed by atoms with van der Waals surface area (Å²) < 4.78 is 11.8. The Bertz CT molecular complexity index is 986. The van der Waals surface area contributed by atoms with Crippen LogP contribution in [0, 0.1) is 0 Å².